The molecular weight excluding hydrogens is 226 g/mol. The van der Waals surface area contributed by atoms with Gasteiger partial charge in [-0.15, -0.1) is 0 Å². The predicted molar refractivity (Wildman–Crippen MR) is 56.2 cm³/mol. The summed E-state index contributed by atoms with van der Waals surface area (Å²) in [6.45, 7) is 0.385. The number of carboxylic acids is 1. The summed E-state index contributed by atoms with van der Waals surface area (Å²) in [6.07, 6.45) is 1.71. The fourth-order valence-electron chi connectivity index (χ4n) is 1.75. The SMILES string of the molecule is O=C(Cc1ccn[nH]1)NC1COCC1C(=O)O. The highest BCUT2D eigenvalue weighted by atomic mass is 16.5. The molecule has 7 heteroatoms. The van der Waals surface area contributed by atoms with Gasteiger partial charge in [0.25, 0.3) is 0 Å². The number of carbonyl (C=O) groups excluding carboxylic acids is 1. The van der Waals surface area contributed by atoms with Crippen molar-refractivity contribution >= 4 is 11.9 Å². The largest absolute Gasteiger partial charge is 0.481 e. The number of amides is 1. The number of nitrogens with zero attached hydrogens (tertiary/aromatic N) is 1. The van der Waals surface area contributed by atoms with E-state index < -0.39 is 17.9 Å². The van der Waals surface area contributed by atoms with Crippen LogP contribution in [0, 0.1) is 5.92 Å². The van der Waals surface area contributed by atoms with Crippen molar-refractivity contribution in [1.82, 2.24) is 15.5 Å². The second-order valence-electron chi connectivity index (χ2n) is 3.91. The zero-order chi connectivity index (χ0) is 12.3. The number of aliphatic carboxylic acids is 1. The first-order valence-electron chi connectivity index (χ1n) is 5.25. The Morgan fingerprint density at radius 3 is 3.06 bits per heavy atom. The van der Waals surface area contributed by atoms with Crippen molar-refractivity contribution in [1.29, 1.82) is 0 Å². The maximum Gasteiger partial charge on any atom is 0.311 e. The van der Waals surface area contributed by atoms with Crippen molar-refractivity contribution in [3.05, 3.63) is 18.0 Å². The second kappa shape index (κ2) is 4.96. The minimum absolute atomic E-state index is 0.143. The van der Waals surface area contributed by atoms with Gasteiger partial charge >= 0.3 is 5.97 Å². The van der Waals surface area contributed by atoms with Gasteiger partial charge in [-0.25, -0.2) is 0 Å². The van der Waals surface area contributed by atoms with Crippen LogP contribution in [0.25, 0.3) is 0 Å². The molecule has 0 saturated carbocycles. The van der Waals surface area contributed by atoms with E-state index in [4.69, 9.17) is 9.84 Å². The molecule has 7 nitrogen and oxygen atoms in total. The molecule has 2 heterocycles. The number of aromatic nitrogens is 2. The van der Waals surface area contributed by atoms with Gasteiger partial charge in [0.05, 0.1) is 25.7 Å². The van der Waals surface area contributed by atoms with E-state index in [0.717, 1.165) is 0 Å². The van der Waals surface area contributed by atoms with Crippen molar-refractivity contribution in [3.63, 3.8) is 0 Å². The van der Waals surface area contributed by atoms with Crippen molar-refractivity contribution in [2.45, 2.75) is 12.5 Å². The molecule has 1 amide bonds. The lowest BCUT2D eigenvalue weighted by molar-refractivity contribution is -0.142. The van der Waals surface area contributed by atoms with Crippen LogP contribution in [0.4, 0.5) is 0 Å². The lowest BCUT2D eigenvalue weighted by atomic mass is 10.0. The monoisotopic (exact) mass is 239 g/mol. The third-order valence-electron chi connectivity index (χ3n) is 2.65. The van der Waals surface area contributed by atoms with E-state index in [1.54, 1.807) is 12.3 Å². The van der Waals surface area contributed by atoms with Crippen LogP contribution in [-0.4, -0.2) is 46.4 Å². The van der Waals surface area contributed by atoms with Gasteiger partial charge in [0, 0.05) is 11.9 Å². The van der Waals surface area contributed by atoms with Gasteiger partial charge in [-0.2, -0.15) is 5.10 Å². The smallest absolute Gasteiger partial charge is 0.311 e. The lowest BCUT2D eigenvalue weighted by Crippen LogP contribution is -2.43. The Morgan fingerprint density at radius 2 is 2.41 bits per heavy atom. The lowest BCUT2D eigenvalue weighted by Gasteiger charge is -2.15. The fraction of sp³-hybridized carbons (Fsp3) is 0.500. The topological polar surface area (TPSA) is 104 Å². The summed E-state index contributed by atoms with van der Waals surface area (Å²) >= 11 is 0. The third kappa shape index (κ3) is 2.82. The summed E-state index contributed by atoms with van der Waals surface area (Å²) in [5.74, 6) is -1.86. The van der Waals surface area contributed by atoms with E-state index in [1.807, 2.05) is 0 Å². The minimum atomic E-state index is -0.950. The highest BCUT2D eigenvalue weighted by molar-refractivity contribution is 5.80. The van der Waals surface area contributed by atoms with Gasteiger partial charge in [0.1, 0.15) is 5.92 Å². The molecule has 92 valence electrons. The first-order chi connectivity index (χ1) is 8.16. The number of rotatable bonds is 4. The maximum absolute atomic E-state index is 11.6. The van der Waals surface area contributed by atoms with Gasteiger partial charge in [-0.05, 0) is 6.07 Å². The van der Waals surface area contributed by atoms with Crippen molar-refractivity contribution in [2.24, 2.45) is 5.92 Å². The van der Waals surface area contributed by atoms with E-state index in [1.165, 1.54) is 0 Å². The van der Waals surface area contributed by atoms with E-state index in [9.17, 15) is 9.59 Å². The summed E-state index contributed by atoms with van der Waals surface area (Å²) in [5, 5.41) is 18.0. The number of hydrogen-bond donors (Lipinski definition) is 3. The molecule has 0 radical (unpaired) electrons. The molecule has 1 aliphatic rings. The molecular formula is C10H13N3O4. The highest BCUT2D eigenvalue weighted by Crippen LogP contribution is 2.13. The number of H-pyrrole nitrogens is 1. The third-order valence-corrected chi connectivity index (χ3v) is 2.65. The molecule has 0 spiro atoms. The van der Waals surface area contributed by atoms with Gasteiger partial charge in [-0.3, -0.25) is 14.7 Å². The van der Waals surface area contributed by atoms with Crippen molar-refractivity contribution in [3.8, 4) is 0 Å². The van der Waals surface area contributed by atoms with Gasteiger partial charge < -0.3 is 15.2 Å². The zero-order valence-corrected chi connectivity index (χ0v) is 9.05. The molecule has 0 aromatic carbocycles. The molecule has 1 aliphatic heterocycles. The molecule has 2 unspecified atom stereocenters. The van der Waals surface area contributed by atoms with E-state index in [0.29, 0.717) is 5.69 Å². The second-order valence-corrected chi connectivity index (χ2v) is 3.91. The molecule has 1 fully saturated rings. The molecule has 2 rings (SSSR count). The summed E-state index contributed by atoms with van der Waals surface area (Å²) in [5.41, 5.74) is 0.688. The molecule has 3 N–H and O–H groups in total. The first-order valence-corrected chi connectivity index (χ1v) is 5.25. The number of nitrogens with one attached hydrogen (secondary N) is 2. The summed E-state index contributed by atoms with van der Waals surface area (Å²) in [4.78, 5) is 22.5. The quantitative estimate of drug-likeness (QED) is 0.636. The molecule has 1 saturated heterocycles. The predicted octanol–water partition coefficient (Wildman–Crippen LogP) is -0.832. The van der Waals surface area contributed by atoms with Crippen LogP contribution in [0.1, 0.15) is 5.69 Å². The van der Waals surface area contributed by atoms with Crippen LogP contribution >= 0.6 is 0 Å². The number of ether oxygens (including phenoxy) is 1. The van der Waals surface area contributed by atoms with Crippen LogP contribution in [0.5, 0.6) is 0 Å². The normalized spacial score (nSPS) is 23.5. The molecule has 1 aromatic rings. The molecule has 17 heavy (non-hydrogen) atoms. The van der Waals surface area contributed by atoms with Gasteiger partial charge in [0.2, 0.25) is 5.91 Å². The zero-order valence-electron chi connectivity index (χ0n) is 9.05. The Labute approximate surface area is 97.2 Å². The maximum atomic E-state index is 11.6. The molecule has 0 aliphatic carbocycles. The summed E-state index contributed by atoms with van der Waals surface area (Å²) in [7, 11) is 0. The highest BCUT2D eigenvalue weighted by Gasteiger charge is 2.34. The Kier molecular flexibility index (Phi) is 3.38. The molecule has 0 bridgehead atoms. The molecule has 1 aromatic heterocycles. The van der Waals surface area contributed by atoms with Gasteiger partial charge in [-0.1, -0.05) is 0 Å². The van der Waals surface area contributed by atoms with E-state index >= 15 is 0 Å². The molecule has 2 atom stereocenters. The van der Waals surface area contributed by atoms with E-state index in [2.05, 4.69) is 15.5 Å². The van der Waals surface area contributed by atoms with Crippen LogP contribution in [-0.2, 0) is 20.7 Å². The minimum Gasteiger partial charge on any atom is -0.481 e. The standard InChI is InChI=1S/C10H13N3O4/c14-9(3-6-1-2-11-13-6)12-8-5-17-4-7(8)10(15)16/h1-2,7-8H,3-5H2,(H,11,13)(H,12,14)(H,15,16). The fourth-order valence-corrected chi connectivity index (χ4v) is 1.75. The van der Waals surface area contributed by atoms with Crippen LogP contribution in [0.15, 0.2) is 12.3 Å². The number of aromatic amines is 1. The Balaban J connectivity index is 1.88. The first kappa shape index (κ1) is 11.6. The van der Waals surface area contributed by atoms with Crippen molar-refractivity contribution < 1.29 is 19.4 Å². The Bertz CT molecular complexity index is 404. The number of hydrogen-bond acceptors (Lipinski definition) is 4. The van der Waals surface area contributed by atoms with E-state index in [-0.39, 0.29) is 25.5 Å². The number of carbonyl (C=O) groups is 2. The Morgan fingerprint density at radius 1 is 1.59 bits per heavy atom. The van der Waals surface area contributed by atoms with Crippen LogP contribution in [0.2, 0.25) is 0 Å². The van der Waals surface area contributed by atoms with Crippen LogP contribution < -0.4 is 5.32 Å². The average molecular weight is 239 g/mol. The van der Waals surface area contributed by atoms with Crippen LogP contribution in [0.3, 0.4) is 0 Å². The summed E-state index contributed by atoms with van der Waals surface area (Å²) < 4.78 is 5.05. The summed E-state index contributed by atoms with van der Waals surface area (Å²) in [6, 6.07) is 1.24. The Hall–Kier alpha value is -1.89. The number of carboxylic acid groups (broad SMARTS) is 1. The van der Waals surface area contributed by atoms with Crippen molar-refractivity contribution in [2.75, 3.05) is 13.2 Å². The average Bonchev–Trinajstić information content (AvgIpc) is 2.88. The van der Waals surface area contributed by atoms with Gasteiger partial charge in [0.15, 0.2) is 0 Å².